The second-order valence-electron chi connectivity index (χ2n) is 27.0. The first-order valence-corrected chi connectivity index (χ1v) is 35.9. The van der Waals surface area contributed by atoms with E-state index in [9.17, 15) is 5.48 Å². The van der Waals surface area contributed by atoms with Crippen LogP contribution in [0, 0.1) is 23.7 Å². The lowest BCUT2D eigenvalue weighted by molar-refractivity contribution is 0.391. The van der Waals surface area contributed by atoms with E-state index >= 15 is 0 Å². The van der Waals surface area contributed by atoms with Crippen molar-refractivity contribution in [2.45, 2.75) is 147 Å². The van der Waals surface area contributed by atoms with Gasteiger partial charge in [0.15, 0.2) is 0 Å². The molecule has 7 heteroatoms. The molecule has 0 saturated carbocycles. The van der Waals surface area contributed by atoms with Crippen molar-refractivity contribution in [2.75, 3.05) is 19.6 Å². The predicted molar refractivity (Wildman–Crippen MR) is 387 cm³/mol. The van der Waals surface area contributed by atoms with E-state index < -0.39 is 0 Å². The van der Waals surface area contributed by atoms with Crippen LogP contribution in [0.25, 0.3) is 11.1 Å². The molecule has 18 rings (SSSR count). The first-order chi connectivity index (χ1) is 47.3. The molecule has 6 aliphatic carbocycles. The Balaban J connectivity index is 0.979. The Hall–Kier alpha value is -7.84. The Kier molecular flexibility index (Phi) is 13.2. The number of benzene rings is 8. The number of fused-ring (bicyclic) bond motifs is 8. The number of hydrogen-bond donors (Lipinski definition) is 0. The highest BCUT2D eigenvalue weighted by atomic mass is 32.2. The maximum atomic E-state index is 10.0. The Morgan fingerprint density at radius 3 is 1.26 bits per heavy atom. The largest absolute Gasteiger partial charge is 0.334 e. The van der Waals surface area contributed by atoms with Gasteiger partial charge in [0.25, 0.3) is 6.71 Å². The van der Waals surface area contributed by atoms with E-state index in [1.54, 1.807) is 11.1 Å². The van der Waals surface area contributed by atoms with Crippen LogP contribution in [0.3, 0.4) is 0 Å². The summed E-state index contributed by atoms with van der Waals surface area (Å²) < 4.78 is 48.0. The van der Waals surface area contributed by atoms with Crippen molar-refractivity contribution in [1.82, 2.24) is 0 Å². The zero-order valence-electron chi connectivity index (χ0n) is 56.8. The van der Waals surface area contributed by atoms with Gasteiger partial charge >= 0.3 is 0 Å². The van der Waals surface area contributed by atoms with Crippen LogP contribution in [0.4, 0.5) is 56.9 Å². The van der Waals surface area contributed by atoms with E-state index in [4.69, 9.17) is 1.37 Å². The molecule has 0 N–H and O–H groups in total. The van der Waals surface area contributed by atoms with Gasteiger partial charge in [-0.25, -0.2) is 0 Å². The van der Waals surface area contributed by atoms with Gasteiger partial charge in [0.1, 0.15) is 0 Å². The molecule has 8 aromatic rings. The van der Waals surface area contributed by atoms with Gasteiger partial charge in [0.05, 0.1) is 41.7 Å². The van der Waals surface area contributed by atoms with Crippen LogP contribution in [0.2, 0.25) is 0 Å². The van der Waals surface area contributed by atoms with E-state index in [1.165, 1.54) is 84.2 Å². The lowest BCUT2D eigenvalue weighted by Gasteiger charge is -2.53. The summed E-state index contributed by atoms with van der Waals surface area (Å²) in [5, 5.41) is 0. The average Bonchev–Trinajstić information content (AvgIpc) is 0.691. The van der Waals surface area contributed by atoms with Crippen molar-refractivity contribution >= 4 is 103 Å². The molecule has 0 aromatic heterocycles. The molecule has 4 nitrogen and oxygen atoms in total. The van der Waals surface area contributed by atoms with Gasteiger partial charge in [-0.15, -0.1) is 0 Å². The molecular formula is C84H79BN4S2. The molecule has 0 spiro atoms. The molecule has 6 atom stereocenters. The van der Waals surface area contributed by atoms with Crippen molar-refractivity contribution in [3.05, 3.63) is 247 Å². The number of allylic oxidation sites excluding steroid dienone is 8. The topological polar surface area (TPSA) is 13.0 Å². The van der Waals surface area contributed by atoms with Gasteiger partial charge in [-0.1, -0.05) is 174 Å². The van der Waals surface area contributed by atoms with Crippen LogP contribution < -0.4 is 36.0 Å². The van der Waals surface area contributed by atoms with Gasteiger partial charge in [-0.2, -0.15) is 0 Å². The number of hydrogen-bond acceptors (Lipinski definition) is 6. The summed E-state index contributed by atoms with van der Waals surface area (Å²) in [5.41, 5.74) is 22.2. The summed E-state index contributed by atoms with van der Waals surface area (Å²) in [4.78, 5) is 15.5. The number of para-hydroxylation sites is 4. The minimum atomic E-state index is -0.373. The lowest BCUT2D eigenvalue weighted by atomic mass is 9.33. The maximum absolute atomic E-state index is 10.0. The molecule has 91 heavy (non-hydrogen) atoms. The Morgan fingerprint density at radius 2 is 0.846 bits per heavy atom. The second-order valence-corrected chi connectivity index (χ2v) is 29.2. The van der Waals surface area contributed by atoms with Crippen LogP contribution in [0.1, 0.15) is 122 Å². The van der Waals surface area contributed by atoms with Gasteiger partial charge < -0.3 is 19.6 Å². The van der Waals surface area contributed by atoms with Gasteiger partial charge in [-0.05, 0) is 251 Å². The van der Waals surface area contributed by atoms with Gasteiger partial charge in [0, 0.05) is 65.5 Å². The third-order valence-electron chi connectivity index (χ3n) is 22.1. The van der Waals surface area contributed by atoms with Crippen molar-refractivity contribution in [1.29, 1.82) is 0 Å². The summed E-state index contributed by atoms with van der Waals surface area (Å²) in [7, 11) is 0. The number of nitrogens with zero attached hydrogens (tertiary/aromatic N) is 4. The molecule has 6 unspecified atom stereocenters. The predicted octanol–water partition coefficient (Wildman–Crippen LogP) is 21.8. The van der Waals surface area contributed by atoms with E-state index in [0.29, 0.717) is 17.4 Å². The monoisotopic (exact) mass is 1220 g/mol. The first kappa shape index (κ1) is 50.8. The van der Waals surface area contributed by atoms with Crippen molar-refractivity contribution < 1.29 is 6.85 Å². The summed E-state index contributed by atoms with van der Waals surface area (Å²) in [5.74, 6) is 1.12. The minimum Gasteiger partial charge on any atom is -0.334 e. The second kappa shape index (κ2) is 23.7. The van der Waals surface area contributed by atoms with Gasteiger partial charge in [-0.3, -0.25) is 0 Å². The third-order valence-corrected chi connectivity index (χ3v) is 24.3. The lowest BCUT2D eigenvalue weighted by Crippen LogP contribution is -2.65. The molecule has 0 fully saturated rings. The Morgan fingerprint density at radius 1 is 0.396 bits per heavy atom. The summed E-state index contributed by atoms with van der Waals surface area (Å²) in [6.45, 7) is -0.250. The van der Waals surface area contributed by atoms with E-state index in [-0.39, 0.29) is 66.4 Å². The van der Waals surface area contributed by atoms with Crippen molar-refractivity contribution in [2.24, 2.45) is 23.7 Å². The maximum Gasteiger partial charge on any atom is 0.252 e. The highest BCUT2D eigenvalue weighted by molar-refractivity contribution is 8.00. The highest BCUT2D eigenvalue weighted by Crippen LogP contribution is 2.57. The van der Waals surface area contributed by atoms with E-state index in [0.717, 1.165) is 135 Å². The Bertz CT molecular complexity index is 4330. The van der Waals surface area contributed by atoms with Crippen LogP contribution in [-0.2, 0) is 0 Å². The molecule has 0 amide bonds. The van der Waals surface area contributed by atoms with E-state index in [1.807, 2.05) is 23.5 Å². The SMILES string of the molecule is [2H]c1c([2H])c([2H])c(-c2cc3c4c(c2)N(C2C(C5CC=CCC5)=CCCC2C2=CCCCC2)c2cc(N5c6ccccc6Sc6ccccc65)ccc2B4c2ccc(N4c5ccccc5Sc5ccccc54)cc2N3C2C(C3CC=CCC3)=CCCC2C2=CCCCC2)c([2H])c1[2H]. The first-order valence-electron chi connectivity index (χ1n) is 36.8. The van der Waals surface area contributed by atoms with Crippen LogP contribution in [-0.4, -0.2) is 18.8 Å². The van der Waals surface area contributed by atoms with Crippen molar-refractivity contribution in [3.8, 4) is 11.1 Å². The zero-order chi connectivity index (χ0) is 64.3. The fourth-order valence-corrected chi connectivity index (χ4v) is 20.2. The third kappa shape index (κ3) is 9.63. The minimum absolute atomic E-state index is 0.0703. The highest BCUT2D eigenvalue weighted by Gasteiger charge is 2.51. The van der Waals surface area contributed by atoms with Crippen LogP contribution in [0.15, 0.2) is 266 Å². The van der Waals surface area contributed by atoms with Crippen molar-refractivity contribution in [3.63, 3.8) is 0 Å². The fraction of sp³-hybridized carbons (Fsp3) is 0.286. The van der Waals surface area contributed by atoms with Gasteiger partial charge in [0.2, 0.25) is 0 Å². The van der Waals surface area contributed by atoms with Crippen LogP contribution in [0.5, 0.6) is 0 Å². The average molecular weight is 1220 g/mol. The van der Waals surface area contributed by atoms with Crippen LogP contribution >= 0.6 is 23.5 Å². The molecule has 0 bridgehead atoms. The molecule has 450 valence electrons. The molecule has 10 aliphatic rings. The molecule has 0 saturated heterocycles. The molecule has 4 aliphatic heterocycles. The Labute approximate surface area is 555 Å². The number of anilines is 10. The smallest absolute Gasteiger partial charge is 0.252 e. The normalized spacial score (nSPS) is 24.4. The summed E-state index contributed by atoms with van der Waals surface area (Å²) in [6.07, 6.45) is 39.7. The quantitative estimate of drug-likeness (QED) is 0.105. The van der Waals surface area contributed by atoms with E-state index in [2.05, 4.69) is 214 Å². The summed E-state index contributed by atoms with van der Waals surface area (Å²) >= 11 is 3.68. The molecule has 4 heterocycles. The molecular weight excluding hydrogens is 1140 g/mol. The zero-order valence-corrected chi connectivity index (χ0v) is 53.5. The number of rotatable bonds is 9. The fourth-order valence-electron chi connectivity index (χ4n) is 18.1. The molecule has 0 radical (unpaired) electrons. The molecule has 8 aromatic carbocycles. The standard InChI is InChI=1S/C84H79BN4S2/c1-6-26-56(27-7-1)61-52-76-82-77(53-61)89(84-66(59-32-12-4-13-33-59)38-25-39-67(84)60-34-14-5-15-35-60)75-55-63(87-72-42-18-22-46-80(72)91-81-47-23-19-43-73(81)87)49-51-69(75)85(82)68-50-48-62(86-70-40-16-20-44-78(70)90-79-45-21-17-41-71(79)86)54-74(68)88(76)83-64(57-28-8-2-9-29-57)36-24-37-65(83)58-30-10-3-11-31-58/h1-2,4,6-8,12,16-23,26-27,30,34,36,38,40-55,57,59,65,67,83-84H,3,5,9-11,13-15,24-25,28-29,31-33,35,37,39H2/i1D,6D,7D,26D,27D. The summed E-state index contributed by atoms with van der Waals surface area (Å²) in [6, 6.07) is 53.6.